The van der Waals surface area contributed by atoms with Crippen molar-refractivity contribution in [1.29, 1.82) is 0 Å². The average Bonchev–Trinajstić information content (AvgIpc) is 3.18. The lowest BCUT2D eigenvalue weighted by Gasteiger charge is -2.08. The topological polar surface area (TPSA) is 75.3 Å². The molecule has 0 fully saturated rings. The number of carbonyl (C=O) groups is 1. The first-order valence-corrected chi connectivity index (χ1v) is 11.2. The number of nitrogens with one attached hydrogen (secondary N) is 2. The molecule has 1 amide bonds. The first kappa shape index (κ1) is 18.5. The third kappa shape index (κ3) is 4.46. The molecule has 0 radical (unpaired) electrons. The molecular weight excluding hydrogens is 388 g/mol. The number of amides is 1. The summed E-state index contributed by atoms with van der Waals surface area (Å²) in [4.78, 5) is 13.4. The van der Waals surface area contributed by atoms with Gasteiger partial charge in [-0.1, -0.05) is 6.07 Å². The number of anilines is 2. The van der Waals surface area contributed by atoms with Gasteiger partial charge in [-0.15, -0.1) is 23.1 Å². The number of rotatable bonds is 6. The van der Waals surface area contributed by atoms with E-state index in [0.29, 0.717) is 16.9 Å². The lowest BCUT2D eigenvalue weighted by Crippen LogP contribution is -2.13. The molecular formula is C18H16N2O3S3. The number of thiophene rings is 1. The maximum Gasteiger partial charge on any atom is 0.271 e. The van der Waals surface area contributed by atoms with Gasteiger partial charge in [0.05, 0.1) is 0 Å². The predicted molar refractivity (Wildman–Crippen MR) is 108 cm³/mol. The average molecular weight is 405 g/mol. The van der Waals surface area contributed by atoms with E-state index < -0.39 is 10.0 Å². The highest BCUT2D eigenvalue weighted by Gasteiger charge is 2.15. The highest BCUT2D eigenvalue weighted by atomic mass is 32.2. The van der Waals surface area contributed by atoms with Crippen LogP contribution < -0.4 is 10.0 Å². The minimum absolute atomic E-state index is 0.244. The molecule has 0 unspecified atom stereocenters. The summed E-state index contributed by atoms with van der Waals surface area (Å²) in [6.07, 6.45) is 1.99. The van der Waals surface area contributed by atoms with Crippen LogP contribution in [0.4, 0.5) is 11.4 Å². The van der Waals surface area contributed by atoms with Crippen LogP contribution in [0.3, 0.4) is 0 Å². The second kappa shape index (κ2) is 7.94. The molecule has 0 saturated carbocycles. The van der Waals surface area contributed by atoms with E-state index in [-0.39, 0.29) is 10.1 Å². The van der Waals surface area contributed by atoms with Crippen LogP contribution >= 0.6 is 23.1 Å². The molecule has 5 nitrogen and oxygen atoms in total. The Labute approximate surface area is 160 Å². The normalized spacial score (nSPS) is 11.1. The van der Waals surface area contributed by atoms with Crippen LogP contribution in [0.25, 0.3) is 0 Å². The van der Waals surface area contributed by atoms with Crippen molar-refractivity contribution in [3.8, 4) is 0 Å². The highest BCUT2D eigenvalue weighted by Crippen LogP contribution is 2.21. The number of carbonyl (C=O) groups excluding carboxylic acids is 1. The van der Waals surface area contributed by atoms with Gasteiger partial charge in [-0.2, -0.15) is 0 Å². The van der Waals surface area contributed by atoms with Crippen molar-refractivity contribution in [2.75, 3.05) is 16.3 Å². The minimum Gasteiger partial charge on any atom is -0.322 e. The summed E-state index contributed by atoms with van der Waals surface area (Å²) < 4.78 is 27.1. The van der Waals surface area contributed by atoms with E-state index in [9.17, 15) is 13.2 Å². The summed E-state index contributed by atoms with van der Waals surface area (Å²) in [5.41, 5.74) is 1.55. The second-order valence-corrected chi connectivity index (χ2v) is 9.03. The zero-order chi connectivity index (χ0) is 18.6. The standard InChI is InChI=1S/C18H16N2O3S3/c1-24-16-10-8-14(9-11-16)19-18(21)13-4-6-15(7-5-13)20-26(22,23)17-3-2-12-25-17/h2-12,20H,1H3,(H,19,21). The molecule has 2 N–H and O–H groups in total. The minimum atomic E-state index is -3.59. The molecule has 26 heavy (non-hydrogen) atoms. The maximum absolute atomic E-state index is 12.3. The van der Waals surface area contributed by atoms with E-state index in [4.69, 9.17) is 0 Å². The van der Waals surface area contributed by atoms with Crippen LogP contribution in [0.5, 0.6) is 0 Å². The lowest BCUT2D eigenvalue weighted by atomic mass is 10.2. The molecule has 2 aromatic carbocycles. The van der Waals surface area contributed by atoms with Crippen molar-refractivity contribution in [3.05, 3.63) is 71.6 Å². The van der Waals surface area contributed by atoms with E-state index in [1.165, 1.54) is 6.07 Å². The number of thioether (sulfide) groups is 1. The third-order valence-corrected chi connectivity index (χ3v) is 7.03. The van der Waals surface area contributed by atoms with Crippen LogP contribution in [0.15, 0.2) is 75.1 Å². The summed E-state index contributed by atoms with van der Waals surface area (Å²) in [6.45, 7) is 0. The molecule has 0 spiro atoms. The van der Waals surface area contributed by atoms with Gasteiger partial charge in [0.15, 0.2) is 0 Å². The molecule has 0 saturated heterocycles. The van der Waals surface area contributed by atoms with Gasteiger partial charge in [0, 0.05) is 21.8 Å². The number of benzene rings is 2. The van der Waals surface area contributed by atoms with Crippen molar-refractivity contribution < 1.29 is 13.2 Å². The molecule has 3 rings (SSSR count). The number of hydrogen-bond donors (Lipinski definition) is 2. The molecule has 0 atom stereocenters. The summed E-state index contributed by atoms with van der Waals surface area (Å²) in [6, 6.07) is 17.1. The van der Waals surface area contributed by atoms with E-state index in [2.05, 4.69) is 10.0 Å². The Morgan fingerprint density at radius 3 is 2.19 bits per heavy atom. The zero-order valence-electron chi connectivity index (χ0n) is 13.8. The van der Waals surface area contributed by atoms with Crippen molar-refractivity contribution in [2.45, 2.75) is 9.10 Å². The fourth-order valence-corrected chi connectivity index (χ4v) is 4.65. The van der Waals surface area contributed by atoms with Crippen molar-refractivity contribution >= 4 is 50.4 Å². The van der Waals surface area contributed by atoms with Crippen LogP contribution in [0.1, 0.15) is 10.4 Å². The second-order valence-electron chi connectivity index (χ2n) is 5.30. The Morgan fingerprint density at radius 1 is 0.962 bits per heavy atom. The molecule has 8 heteroatoms. The van der Waals surface area contributed by atoms with Crippen molar-refractivity contribution in [2.24, 2.45) is 0 Å². The lowest BCUT2D eigenvalue weighted by molar-refractivity contribution is 0.102. The Morgan fingerprint density at radius 2 is 1.62 bits per heavy atom. The van der Waals surface area contributed by atoms with Gasteiger partial charge in [-0.3, -0.25) is 9.52 Å². The van der Waals surface area contributed by atoms with E-state index in [1.807, 2.05) is 30.5 Å². The molecule has 1 heterocycles. The van der Waals surface area contributed by atoms with Gasteiger partial charge in [0.2, 0.25) is 0 Å². The molecule has 3 aromatic rings. The fourth-order valence-electron chi connectivity index (χ4n) is 2.19. The monoisotopic (exact) mass is 404 g/mol. The van der Waals surface area contributed by atoms with Gasteiger partial charge in [-0.05, 0) is 66.2 Å². The maximum atomic E-state index is 12.3. The molecule has 1 aromatic heterocycles. The largest absolute Gasteiger partial charge is 0.322 e. The van der Waals surface area contributed by atoms with E-state index in [1.54, 1.807) is 47.5 Å². The Bertz CT molecular complexity index is 981. The highest BCUT2D eigenvalue weighted by molar-refractivity contribution is 7.98. The first-order chi connectivity index (χ1) is 12.5. The summed E-state index contributed by atoms with van der Waals surface area (Å²) in [5, 5.41) is 4.52. The number of hydrogen-bond acceptors (Lipinski definition) is 5. The predicted octanol–water partition coefficient (Wildman–Crippen LogP) is 4.52. The van der Waals surface area contributed by atoms with E-state index in [0.717, 1.165) is 16.2 Å². The van der Waals surface area contributed by atoms with Crippen molar-refractivity contribution in [3.63, 3.8) is 0 Å². The molecule has 0 aliphatic rings. The molecule has 134 valence electrons. The number of sulfonamides is 1. The SMILES string of the molecule is CSc1ccc(NC(=O)c2ccc(NS(=O)(=O)c3cccs3)cc2)cc1. The van der Waals surface area contributed by atoms with Gasteiger partial charge >= 0.3 is 0 Å². The summed E-state index contributed by atoms with van der Waals surface area (Å²) in [5.74, 6) is -0.255. The molecule has 0 aliphatic heterocycles. The van der Waals surface area contributed by atoms with Gasteiger partial charge in [0.25, 0.3) is 15.9 Å². The summed E-state index contributed by atoms with van der Waals surface area (Å²) >= 11 is 2.77. The first-order valence-electron chi connectivity index (χ1n) is 7.60. The molecule has 0 aliphatic carbocycles. The fraction of sp³-hybridized carbons (Fsp3) is 0.0556. The van der Waals surface area contributed by atoms with Crippen LogP contribution in [0, 0.1) is 0 Å². The Kier molecular flexibility index (Phi) is 5.65. The summed E-state index contributed by atoms with van der Waals surface area (Å²) in [7, 11) is -3.59. The van der Waals surface area contributed by atoms with Gasteiger partial charge in [0.1, 0.15) is 4.21 Å². The van der Waals surface area contributed by atoms with Crippen molar-refractivity contribution in [1.82, 2.24) is 0 Å². The molecule has 0 bridgehead atoms. The van der Waals surface area contributed by atoms with E-state index >= 15 is 0 Å². The van der Waals surface area contributed by atoms with Gasteiger partial charge < -0.3 is 5.32 Å². The van der Waals surface area contributed by atoms with Crippen LogP contribution in [-0.2, 0) is 10.0 Å². The Hall–Kier alpha value is -2.29. The van der Waals surface area contributed by atoms with Crippen LogP contribution in [0.2, 0.25) is 0 Å². The Balaban J connectivity index is 1.67. The quantitative estimate of drug-likeness (QED) is 0.592. The van der Waals surface area contributed by atoms with Crippen LogP contribution in [-0.4, -0.2) is 20.6 Å². The smallest absolute Gasteiger partial charge is 0.271 e. The zero-order valence-corrected chi connectivity index (χ0v) is 16.2. The van der Waals surface area contributed by atoms with Gasteiger partial charge in [-0.25, -0.2) is 8.42 Å². The third-order valence-electron chi connectivity index (χ3n) is 3.51.